The SMILES string of the molecule is CCCCCCCC(=O)CCCCCCC=C[C@H](C(=O)N[C@@H](Cc1ccc(OCCCC)cc1)C(=O)NC)[C@@](O)(CCC)C(=O)O. The molecule has 0 heterocycles. The van der Waals surface area contributed by atoms with Gasteiger partial charge in [0.05, 0.1) is 12.5 Å². The van der Waals surface area contributed by atoms with Gasteiger partial charge in [-0.1, -0.05) is 96.4 Å². The summed E-state index contributed by atoms with van der Waals surface area (Å²) in [6.07, 6.45) is 16.7. The zero-order valence-corrected chi connectivity index (χ0v) is 28.8. The first-order valence-corrected chi connectivity index (χ1v) is 17.5. The number of carboxylic acid groups (broad SMARTS) is 1. The molecule has 0 aromatic heterocycles. The molecule has 0 aliphatic heterocycles. The fraction of sp³-hybridized carbons (Fsp3) is 0.676. The molecule has 1 aromatic carbocycles. The Kier molecular flexibility index (Phi) is 21.3. The molecule has 0 aliphatic rings. The van der Waals surface area contributed by atoms with E-state index in [2.05, 4.69) is 24.5 Å². The van der Waals surface area contributed by atoms with Crippen LogP contribution >= 0.6 is 0 Å². The molecule has 46 heavy (non-hydrogen) atoms. The van der Waals surface area contributed by atoms with Gasteiger partial charge >= 0.3 is 5.97 Å². The largest absolute Gasteiger partial charge is 0.494 e. The Morgan fingerprint density at radius 1 is 0.826 bits per heavy atom. The number of carbonyl (C=O) groups is 4. The van der Waals surface area contributed by atoms with E-state index in [1.807, 2.05) is 24.3 Å². The van der Waals surface area contributed by atoms with Crippen LogP contribution in [0.5, 0.6) is 5.75 Å². The number of aliphatic carboxylic acids is 1. The molecular weight excluding hydrogens is 584 g/mol. The van der Waals surface area contributed by atoms with Crippen LogP contribution in [0.25, 0.3) is 0 Å². The molecule has 1 rings (SSSR count). The summed E-state index contributed by atoms with van der Waals surface area (Å²) in [7, 11) is 1.47. The lowest BCUT2D eigenvalue weighted by atomic mass is 9.82. The van der Waals surface area contributed by atoms with Crippen LogP contribution in [0.1, 0.15) is 129 Å². The summed E-state index contributed by atoms with van der Waals surface area (Å²) in [6.45, 7) is 6.63. The second-order valence-electron chi connectivity index (χ2n) is 12.3. The minimum absolute atomic E-state index is 0.123. The van der Waals surface area contributed by atoms with Gasteiger partial charge in [0.15, 0.2) is 5.60 Å². The molecule has 1 aromatic rings. The minimum Gasteiger partial charge on any atom is -0.494 e. The zero-order valence-electron chi connectivity index (χ0n) is 28.8. The summed E-state index contributed by atoms with van der Waals surface area (Å²) in [6, 6.07) is 6.32. The quantitative estimate of drug-likeness (QED) is 0.0617. The van der Waals surface area contributed by atoms with Crippen LogP contribution in [0, 0.1) is 5.92 Å². The van der Waals surface area contributed by atoms with E-state index >= 15 is 0 Å². The number of hydrogen-bond acceptors (Lipinski definition) is 6. The van der Waals surface area contributed by atoms with E-state index in [1.165, 1.54) is 32.4 Å². The lowest BCUT2D eigenvalue weighted by Crippen LogP contribution is -2.55. The Morgan fingerprint density at radius 2 is 1.43 bits per heavy atom. The van der Waals surface area contributed by atoms with Gasteiger partial charge in [-0.2, -0.15) is 0 Å². The number of hydrogen-bond donors (Lipinski definition) is 4. The first-order valence-electron chi connectivity index (χ1n) is 17.5. The molecule has 0 fully saturated rings. The van der Waals surface area contributed by atoms with Gasteiger partial charge in [-0.25, -0.2) is 4.79 Å². The average molecular weight is 645 g/mol. The average Bonchev–Trinajstić information content (AvgIpc) is 3.04. The van der Waals surface area contributed by atoms with Crippen molar-refractivity contribution < 1.29 is 34.1 Å². The van der Waals surface area contributed by atoms with E-state index in [9.17, 15) is 29.4 Å². The lowest BCUT2D eigenvalue weighted by molar-refractivity contribution is -0.167. The van der Waals surface area contributed by atoms with E-state index in [0.29, 0.717) is 38.1 Å². The highest BCUT2D eigenvalue weighted by molar-refractivity contribution is 5.93. The Morgan fingerprint density at radius 3 is 2.00 bits per heavy atom. The Labute approximate surface area is 277 Å². The van der Waals surface area contributed by atoms with E-state index in [1.54, 1.807) is 13.0 Å². The number of Topliss-reactive ketones (excluding diaryl/α,β-unsaturated/α-hetero) is 1. The van der Waals surface area contributed by atoms with E-state index < -0.39 is 35.3 Å². The number of carbonyl (C=O) groups excluding carboxylic acids is 3. The van der Waals surface area contributed by atoms with Crippen molar-refractivity contribution >= 4 is 23.6 Å². The Balaban J connectivity index is 2.81. The monoisotopic (exact) mass is 644 g/mol. The summed E-state index contributed by atoms with van der Waals surface area (Å²) in [4.78, 5) is 50.7. The number of allylic oxidation sites excluding steroid dienone is 1. The number of ketones is 1. The van der Waals surface area contributed by atoms with Crippen LogP contribution in [-0.4, -0.2) is 59.1 Å². The molecule has 0 spiro atoms. The summed E-state index contributed by atoms with van der Waals surface area (Å²) in [5, 5.41) is 26.4. The highest BCUT2D eigenvalue weighted by Crippen LogP contribution is 2.27. The van der Waals surface area contributed by atoms with Gasteiger partial charge in [0.2, 0.25) is 11.8 Å². The third-order valence-corrected chi connectivity index (χ3v) is 8.27. The molecule has 2 amide bonds. The van der Waals surface area contributed by atoms with Crippen LogP contribution in [0.2, 0.25) is 0 Å². The van der Waals surface area contributed by atoms with Gasteiger partial charge in [0.1, 0.15) is 17.6 Å². The molecule has 0 saturated heterocycles. The normalized spacial score (nSPS) is 13.9. The molecule has 9 nitrogen and oxygen atoms in total. The number of ether oxygens (including phenoxy) is 1. The van der Waals surface area contributed by atoms with Gasteiger partial charge in [-0.15, -0.1) is 0 Å². The molecule has 3 atom stereocenters. The Bertz CT molecular complexity index is 1060. The number of benzene rings is 1. The van der Waals surface area contributed by atoms with Crippen LogP contribution in [0.4, 0.5) is 0 Å². The molecule has 260 valence electrons. The first-order chi connectivity index (χ1) is 22.1. The van der Waals surface area contributed by atoms with Crippen molar-refractivity contribution in [3.8, 4) is 5.75 Å². The standard InChI is InChI=1S/C37H60N2O7/c1-5-8-10-13-16-19-30(40)20-17-14-11-12-15-18-21-32(37(45,26-7-3)36(43)44)34(41)39-33(35(42)38-4)28-29-22-24-31(25-23-29)46-27-9-6-2/h18,21-25,32-33,45H,5-17,19-20,26-28H2,1-4H3,(H,38,42)(H,39,41)(H,43,44)/t32-,33+,37+/m1/s1. The summed E-state index contributed by atoms with van der Waals surface area (Å²) < 4.78 is 5.71. The number of rotatable bonds is 27. The number of likely N-dealkylation sites (N-methyl/N-ethyl adjacent to an activating group) is 1. The molecule has 0 radical (unpaired) electrons. The minimum atomic E-state index is -2.32. The molecule has 0 unspecified atom stereocenters. The van der Waals surface area contributed by atoms with Gasteiger partial charge in [-0.3, -0.25) is 14.4 Å². The topological polar surface area (TPSA) is 142 Å². The van der Waals surface area contributed by atoms with E-state index in [4.69, 9.17) is 4.74 Å². The van der Waals surface area contributed by atoms with Crippen LogP contribution in [-0.2, 0) is 25.6 Å². The maximum atomic E-state index is 13.6. The number of carboxylic acids is 1. The van der Waals surface area contributed by atoms with Crippen LogP contribution in [0.15, 0.2) is 36.4 Å². The van der Waals surface area contributed by atoms with Crippen molar-refractivity contribution in [3.63, 3.8) is 0 Å². The number of aliphatic hydroxyl groups is 1. The molecule has 4 N–H and O–H groups in total. The van der Waals surface area contributed by atoms with Gasteiger partial charge in [0, 0.05) is 26.3 Å². The fourth-order valence-corrected chi connectivity index (χ4v) is 5.40. The predicted octanol–water partition coefficient (Wildman–Crippen LogP) is 6.70. The van der Waals surface area contributed by atoms with Crippen molar-refractivity contribution in [2.24, 2.45) is 5.92 Å². The smallest absolute Gasteiger partial charge is 0.336 e. The number of nitrogens with one attached hydrogen (secondary N) is 2. The molecule has 0 bridgehead atoms. The molecular formula is C37H60N2O7. The first kappa shape index (κ1) is 40.8. The molecule has 0 aliphatic carbocycles. The number of amides is 2. The zero-order chi connectivity index (χ0) is 34.2. The third kappa shape index (κ3) is 15.9. The Hall–Kier alpha value is -3.20. The fourth-order valence-electron chi connectivity index (χ4n) is 5.40. The predicted molar refractivity (Wildman–Crippen MR) is 183 cm³/mol. The molecule has 9 heteroatoms. The highest BCUT2D eigenvalue weighted by Gasteiger charge is 2.46. The summed E-state index contributed by atoms with van der Waals surface area (Å²) in [5.41, 5.74) is -1.53. The second-order valence-corrected chi connectivity index (χ2v) is 12.3. The van der Waals surface area contributed by atoms with Crippen LogP contribution < -0.4 is 15.4 Å². The van der Waals surface area contributed by atoms with E-state index in [0.717, 1.165) is 62.7 Å². The van der Waals surface area contributed by atoms with Crippen molar-refractivity contribution in [2.45, 2.75) is 142 Å². The van der Waals surface area contributed by atoms with Crippen molar-refractivity contribution in [3.05, 3.63) is 42.0 Å². The summed E-state index contributed by atoms with van der Waals surface area (Å²) >= 11 is 0. The lowest BCUT2D eigenvalue weighted by Gasteiger charge is -2.31. The maximum absolute atomic E-state index is 13.6. The summed E-state index contributed by atoms with van der Waals surface area (Å²) in [5.74, 6) is -2.97. The third-order valence-electron chi connectivity index (χ3n) is 8.27. The van der Waals surface area contributed by atoms with Crippen LogP contribution in [0.3, 0.4) is 0 Å². The highest BCUT2D eigenvalue weighted by atomic mass is 16.5. The van der Waals surface area contributed by atoms with E-state index in [-0.39, 0.29) is 12.8 Å². The maximum Gasteiger partial charge on any atom is 0.336 e. The number of unbranched alkanes of at least 4 members (excludes halogenated alkanes) is 9. The second kappa shape index (κ2) is 24.0. The van der Waals surface area contributed by atoms with Gasteiger partial charge < -0.3 is 25.6 Å². The van der Waals surface area contributed by atoms with Crippen molar-refractivity contribution in [1.82, 2.24) is 10.6 Å². The van der Waals surface area contributed by atoms with Gasteiger partial charge in [0.25, 0.3) is 0 Å². The van der Waals surface area contributed by atoms with Crippen molar-refractivity contribution in [1.29, 1.82) is 0 Å². The molecule has 0 saturated carbocycles. The van der Waals surface area contributed by atoms with Crippen molar-refractivity contribution in [2.75, 3.05) is 13.7 Å². The van der Waals surface area contributed by atoms with Gasteiger partial charge in [-0.05, 0) is 56.2 Å².